The lowest BCUT2D eigenvalue weighted by atomic mass is 9.54. The summed E-state index contributed by atoms with van der Waals surface area (Å²) < 4.78 is 11.5. The van der Waals surface area contributed by atoms with Gasteiger partial charge in [0.05, 0.1) is 12.4 Å². The van der Waals surface area contributed by atoms with Crippen LogP contribution in [0.15, 0.2) is 27.8 Å². The van der Waals surface area contributed by atoms with Gasteiger partial charge >= 0.3 is 0 Å². The van der Waals surface area contributed by atoms with E-state index in [1.807, 2.05) is 12.1 Å². The van der Waals surface area contributed by atoms with E-state index < -0.39 is 0 Å². The number of hydrogen-bond donors (Lipinski definition) is 2. The smallest absolute Gasteiger partial charge is 0.191 e. The Morgan fingerprint density at radius 3 is 2.92 bits per heavy atom. The predicted molar refractivity (Wildman–Crippen MR) is 109 cm³/mol. The Labute approximate surface area is 167 Å². The topological polar surface area (TPSA) is 58.8 Å². The van der Waals surface area contributed by atoms with Crippen LogP contribution in [0.4, 0.5) is 0 Å². The number of hydrogen-bond acceptors (Lipinski definition) is 3. The van der Waals surface area contributed by atoms with Gasteiger partial charge in [0.15, 0.2) is 5.96 Å². The first-order valence-corrected chi connectivity index (χ1v) is 9.52. The summed E-state index contributed by atoms with van der Waals surface area (Å²) in [4.78, 5) is 4.77. The van der Waals surface area contributed by atoms with Crippen LogP contribution in [0, 0.1) is 11.3 Å². The Morgan fingerprint density at radius 1 is 1.36 bits per heavy atom. The average Bonchev–Trinajstić information content (AvgIpc) is 3.31. The zero-order valence-electron chi connectivity index (χ0n) is 15.0. The van der Waals surface area contributed by atoms with E-state index >= 15 is 0 Å². The van der Waals surface area contributed by atoms with Crippen LogP contribution in [0.5, 0.6) is 0 Å². The number of nitrogens with zero attached hydrogens (tertiary/aromatic N) is 1. The maximum Gasteiger partial charge on any atom is 0.191 e. The Balaban J connectivity index is 0.00000182. The molecule has 2 heterocycles. The summed E-state index contributed by atoms with van der Waals surface area (Å²) in [6, 6.07) is 4.46. The molecule has 25 heavy (non-hydrogen) atoms. The largest absolute Gasteiger partial charge is 0.469 e. The van der Waals surface area contributed by atoms with E-state index in [2.05, 4.69) is 17.6 Å². The lowest BCUT2D eigenvalue weighted by Gasteiger charge is -2.57. The normalized spacial score (nSPS) is 29.8. The Hall–Kier alpha value is -0.760. The summed E-state index contributed by atoms with van der Waals surface area (Å²) >= 11 is 0. The van der Waals surface area contributed by atoms with E-state index in [1.165, 1.54) is 32.1 Å². The van der Waals surface area contributed by atoms with Gasteiger partial charge in [0, 0.05) is 43.5 Å². The van der Waals surface area contributed by atoms with Crippen molar-refractivity contribution in [3.05, 3.63) is 24.2 Å². The van der Waals surface area contributed by atoms with Crippen LogP contribution in [0.2, 0.25) is 0 Å². The van der Waals surface area contributed by atoms with Crippen molar-refractivity contribution in [2.75, 3.05) is 19.7 Å². The molecule has 1 aliphatic heterocycles. The molecule has 0 bridgehead atoms. The van der Waals surface area contributed by atoms with Gasteiger partial charge in [-0.2, -0.15) is 0 Å². The Bertz CT molecular complexity index is 569. The number of guanidine groups is 1. The van der Waals surface area contributed by atoms with Crippen molar-refractivity contribution in [3.8, 4) is 0 Å². The van der Waals surface area contributed by atoms with Crippen LogP contribution in [-0.4, -0.2) is 37.8 Å². The first kappa shape index (κ1) is 19.0. The molecular formula is C19H30IN3O2. The SMILES string of the molecule is CCNC(=NCCc1ccco1)NC1C2CCOC2C12CCCC2.I. The number of aliphatic imine (C=N–C) groups is 1. The second kappa shape index (κ2) is 8.29. The van der Waals surface area contributed by atoms with Crippen molar-refractivity contribution in [3.63, 3.8) is 0 Å². The van der Waals surface area contributed by atoms with Gasteiger partial charge in [-0.1, -0.05) is 12.8 Å². The van der Waals surface area contributed by atoms with Gasteiger partial charge in [-0.3, -0.25) is 4.99 Å². The summed E-state index contributed by atoms with van der Waals surface area (Å²) in [7, 11) is 0. The fourth-order valence-electron chi connectivity index (χ4n) is 5.10. The average molecular weight is 459 g/mol. The molecule has 0 radical (unpaired) electrons. The molecule has 3 unspecified atom stereocenters. The fraction of sp³-hybridized carbons (Fsp3) is 0.737. The van der Waals surface area contributed by atoms with E-state index in [0.717, 1.165) is 37.8 Å². The van der Waals surface area contributed by atoms with Crippen molar-refractivity contribution in [2.24, 2.45) is 16.3 Å². The van der Waals surface area contributed by atoms with Crippen LogP contribution in [-0.2, 0) is 11.2 Å². The zero-order valence-corrected chi connectivity index (χ0v) is 17.3. The van der Waals surface area contributed by atoms with E-state index in [-0.39, 0.29) is 24.0 Å². The summed E-state index contributed by atoms with van der Waals surface area (Å²) in [6.45, 7) is 4.68. The van der Waals surface area contributed by atoms with Crippen LogP contribution < -0.4 is 10.6 Å². The molecule has 0 amide bonds. The molecule has 2 aliphatic carbocycles. The first-order chi connectivity index (χ1) is 11.8. The number of nitrogens with one attached hydrogen (secondary N) is 2. The monoisotopic (exact) mass is 459 g/mol. The highest BCUT2D eigenvalue weighted by Crippen LogP contribution is 2.60. The molecule has 1 saturated heterocycles. The van der Waals surface area contributed by atoms with Gasteiger partial charge in [0.25, 0.3) is 0 Å². The molecule has 0 aromatic carbocycles. The third kappa shape index (κ3) is 3.56. The van der Waals surface area contributed by atoms with Gasteiger partial charge in [-0.05, 0) is 38.3 Å². The molecule has 5 nitrogen and oxygen atoms in total. The summed E-state index contributed by atoms with van der Waals surface area (Å²) in [5.74, 6) is 2.61. The lowest BCUT2D eigenvalue weighted by molar-refractivity contribution is -0.125. The third-order valence-corrected chi connectivity index (χ3v) is 6.13. The van der Waals surface area contributed by atoms with Gasteiger partial charge < -0.3 is 19.8 Å². The summed E-state index contributed by atoms with van der Waals surface area (Å²) in [5, 5.41) is 7.18. The van der Waals surface area contributed by atoms with Crippen molar-refractivity contribution in [2.45, 2.75) is 57.6 Å². The second-order valence-corrected chi connectivity index (χ2v) is 7.40. The highest BCUT2D eigenvalue weighted by atomic mass is 127. The molecule has 2 saturated carbocycles. The molecule has 1 aromatic rings. The van der Waals surface area contributed by atoms with E-state index in [1.54, 1.807) is 6.26 Å². The predicted octanol–water partition coefficient (Wildman–Crippen LogP) is 3.34. The van der Waals surface area contributed by atoms with Crippen molar-refractivity contribution in [1.29, 1.82) is 0 Å². The first-order valence-electron chi connectivity index (χ1n) is 9.52. The Morgan fingerprint density at radius 2 is 2.20 bits per heavy atom. The van der Waals surface area contributed by atoms with Crippen molar-refractivity contribution < 1.29 is 9.15 Å². The molecule has 3 fully saturated rings. The molecule has 1 aromatic heterocycles. The minimum Gasteiger partial charge on any atom is -0.469 e. The fourth-order valence-corrected chi connectivity index (χ4v) is 5.10. The van der Waals surface area contributed by atoms with Gasteiger partial charge in [0.1, 0.15) is 5.76 Å². The minimum atomic E-state index is 0. The number of rotatable bonds is 5. The molecule has 4 rings (SSSR count). The second-order valence-electron chi connectivity index (χ2n) is 7.40. The van der Waals surface area contributed by atoms with Gasteiger partial charge in [0.2, 0.25) is 0 Å². The molecule has 3 atom stereocenters. The molecule has 1 spiro atoms. The van der Waals surface area contributed by atoms with Crippen LogP contribution in [0.1, 0.15) is 44.8 Å². The third-order valence-electron chi connectivity index (χ3n) is 6.13. The zero-order chi connectivity index (χ0) is 16.4. The number of halogens is 1. The summed E-state index contributed by atoms with van der Waals surface area (Å²) in [6.07, 6.45) is 9.54. The molecule has 3 aliphatic rings. The minimum absolute atomic E-state index is 0. The van der Waals surface area contributed by atoms with Crippen LogP contribution in [0.3, 0.4) is 0 Å². The van der Waals surface area contributed by atoms with Gasteiger partial charge in [-0.25, -0.2) is 0 Å². The lowest BCUT2D eigenvalue weighted by Crippen LogP contribution is -2.69. The quantitative estimate of drug-likeness (QED) is 0.403. The molecule has 2 N–H and O–H groups in total. The van der Waals surface area contributed by atoms with E-state index in [9.17, 15) is 0 Å². The van der Waals surface area contributed by atoms with E-state index in [0.29, 0.717) is 23.5 Å². The highest BCUT2D eigenvalue weighted by Gasteiger charge is 2.65. The Kier molecular flexibility index (Phi) is 6.30. The maximum atomic E-state index is 6.08. The molecule has 140 valence electrons. The number of ether oxygens (including phenoxy) is 1. The molecular weight excluding hydrogens is 429 g/mol. The summed E-state index contributed by atoms with van der Waals surface area (Å²) in [5.41, 5.74) is 0.359. The standard InChI is InChI=1S/C19H29N3O2.HI/c1-2-20-18(21-11-7-14-6-5-12-23-14)22-16-15-8-13-24-17(15)19(16)9-3-4-10-19;/h5-6,12,15-17H,2-4,7-11,13H2,1H3,(H2,20,21,22);1H. The highest BCUT2D eigenvalue weighted by molar-refractivity contribution is 14.0. The molecule has 6 heteroatoms. The van der Waals surface area contributed by atoms with Crippen molar-refractivity contribution >= 4 is 29.9 Å². The number of fused-ring (bicyclic) bond motifs is 2. The van der Waals surface area contributed by atoms with Crippen LogP contribution in [0.25, 0.3) is 0 Å². The van der Waals surface area contributed by atoms with Crippen LogP contribution >= 0.6 is 24.0 Å². The maximum absolute atomic E-state index is 6.08. The number of furan rings is 1. The van der Waals surface area contributed by atoms with E-state index in [4.69, 9.17) is 14.1 Å². The van der Waals surface area contributed by atoms with Crippen molar-refractivity contribution in [1.82, 2.24) is 10.6 Å². The van der Waals surface area contributed by atoms with Gasteiger partial charge in [-0.15, -0.1) is 24.0 Å².